The van der Waals surface area contributed by atoms with Gasteiger partial charge in [0.25, 0.3) is 5.78 Å². The van der Waals surface area contributed by atoms with Gasteiger partial charge < -0.3 is 4.74 Å². The second-order valence-corrected chi connectivity index (χ2v) is 4.23. The highest BCUT2D eigenvalue weighted by molar-refractivity contribution is 5.71. The van der Waals surface area contributed by atoms with Crippen LogP contribution < -0.4 is 0 Å². The number of carbonyl (C=O) groups excluding carboxylic acids is 1. The molecule has 0 N–H and O–H groups in total. The Labute approximate surface area is 114 Å². The van der Waals surface area contributed by atoms with Gasteiger partial charge in [-0.15, -0.1) is 5.10 Å². The molecule has 3 aromatic rings. The van der Waals surface area contributed by atoms with E-state index in [1.54, 1.807) is 21.6 Å². The summed E-state index contributed by atoms with van der Waals surface area (Å²) in [5, 5.41) is 8.42. The van der Waals surface area contributed by atoms with E-state index in [-0.39, 0.29) is 12.4 Å². The number of aromatic nitrogens is 6. The average Bonchev–Trinajstić information content (AvgIpc) is 3.03. The van der Waals surface area contributed by atoms with Crippen molar-refractivity contribution in [3.05, 3.63) is 30.5 Å². The molecule has 0 aliphatic heterocycles. The molecule has 0 aromatic carbocycles. The van der Waals surface area contributed by atoms with Crippen LogP contribution >= 0.6 is 0 Å². The molecule has 0 saturated heterocycles. The number of esters is 1. The molecule has 3 heterocycles. The Morgan fingerprint density at radius 3 is 3.00 bits per heavy atom. The number of hydrogen-bond acceptors (Lipinski definition) is 6. The summed E-state index contributed by atoms with van der Waals surface area (Å²) in [5.74, 6) is 0.426. The summed E-state index contributed by atoms with van der Waals surface area (Å²) in [6.07, 6.45) is 5.27. The Hall–Kier alpha value is -2.77. The van der Waals surface area contributed by atoms with Crippen LogP contribution in [-0.2, 0) is 23.0 Å². The second-order valence-electron chi connectivity index (χ2n) is 4.23. The average molecular weight is 272 g/mol. The minimum Gasteiger partial charge on any atom is -0.469 e. The second kappa shape index (κ2) is 4.72. The monoisotopic (exact) mass is 272 g/mol. The van der Waals surface area contributed by atoms with Gasteiger partial charge >= 0.3 is 5.97 Å². The summed E-state index contributed by atoms with van der Waals surface area (Å²) in [5.41, 5.74) is 1.71. The predicted octanol–water partition coefficient (Wildman–Crippen LogP) is 0.240. The van der Waals surface area contributed by atoms with Crippen LogP contribution in [0.15, 0.2) is 24.7 Å². The van der Waals surface area contributed by atoms with Crippen molar-refractivity contribution in [2.75, 3.05) is 7.11 Å². The van der Waals surface area contributed by atoms with Crippen molar-refractivity contribution in [2.45, 2.75) is 6.42 Å². The van der Waals surface area contributed by atoms with Crippen LogP contribution in [0.3, 0.4) is 0 Å². The third-order valence-electron chi connectivity index (χ3n) is 2.82. The molecule has 8 nitrogen and oxygen atoms in total. The molecule has 0 radical (unpaired) electrons. The molecule has 20 heavy (non-hydrogen) atoms. The van der Waals surface area contributed by atoms with Gasteiger partial charge in [-0.1, -0.05) is 0 Å². The van der Waals surface area contributed by atoms with Gasteiger partial charge in [0.1, 0.15) is 6.42 Å². The quantitative estimate of drug-likeness (QED) is 0.635. The zero-order chi connectivity index (χ0) is 14.1. The fourth-order valence-corrected chi connectivity index (χ4v) is 1.88. The summed E-state index contributed by atoms with van der Waals surface area (Å²) in [6, 6.07) is 1.82. The van der Waals surface area contributed by atoms with Crippen LogP contribution in [0.4, 0.5) is 0 Å². The third-order valence-corrected chi connectivity index (χ3v) is 2.82. The van der Waals surface area contributed by atoms with Gasteiger partial charge in [-0.3, -0.25) is 9.48 Å². The molecule has 0 atom stereocenters. The first-order valence-corrected chi connectivity index (χ1v) is 5.94. The third kappa shape index (κ3) is 2.11. The lowest BCUT2D eigenvalue weighted by atomic mass is 10.2. The summed E-state index contributed by atoms with van der Waals surface area (Å²) in [6.45, 7) is 0. The highest BCUT2D eigenvalue weighted by Crippen LogP contribution is 2.17. The topological polar surface area (TPSA) is 87.2 Å². The van der Waals surface area contributed by atoms with E-state index in [1.165, 1.54) is 7.11 Å². The van der Waals surface area contributed by atoms with Crippen LogP contribution in [0.1, 0.15) is 5.82 Å². The molecule has 0 saturated carbocycles. The molecular weight excluding hydrogens is 260 g/mol. The molecule has 0 aliphatic rings. The standard InChI is InChI=1S/C12H12N6O2/c1-17-7-8(6-14-17)9-3-4-13-12-15-10(16-18(9)12)5-11(19)20-2/h3-4,6-7H,5H2,1-2H3. The molecule has 8 heteroatoms. The van der Waals surface area contributed by atoms with Crippen LogP contribution in [0.5, 0.6) is 0 Å². The molecule has 102 valence electrons. The van der Waals surface area contributed by atoms with Crippen molar-refractivity contribution < 1.29 is 9.53 Å². The van der Waals surface area contributed by atoms with Crippen molar-refractivity contribution >= 4 is 11.7 Å². The maximum absolute atomic E-state index is 11.3. The number of carbonyl (C=O) groups is 1. The number of methoxy groups -OCH3 is 1. The maximum Gasteiger partial charge on any atom is 0.313 e. The van der Waals surface area contributed by atoms with Crippen molar-refractivity contribution in [2.24, 2.45) is 7.05 Å². The van der Waals surface area contributed by atoms with Gasteiger partial charge in [0.05, 0.1) is 19.0 Å². The lowest BCUT2D eigenvalue weighted by Gasteiger charge is -1.99. The zero-order valence-corrected chi connectivity index (χ0v) is 11.0. The molecule has 0 amide bonds. The summed E-state index contributed by atoms with van der Waals surface area (Å²) in [7, 11) is 3.17. The number of hydrogen-bond donors (Lipinski definition) is 0. The number of aryl methyl sites for hydroxylation is 1. The fourth-order valence-electron chi connectivity index (χ4n) is 1.88. The number of fused-ring (bicyclic) bond motifs is 1. The first kappa shape index (κ1) is 12.3. The van der Waals surface area contributed by atoms with E-state index in [1.807, 2.05) is 19.3 Å². The molecule has 0 unspecified atom stereocenters. The van der Waals surface area contributed by atoms with E-state index < -0.39 is 0 Å². The Morgan fingerprint density at radius 1 is 1.45 bits per heavy atom. The van der Waals surface area contributed by atoms with E-state index in [2.05, 4.69) is 24.9 Å². The van der Waals surface area contributed by atoms with Gasteiger partial charge in [-0.05, 0) is 6.07 Å². The maximum atomic E-state index is 11.3. The minimum absolute atomic E-state index is 0.0202. The SMILES string of the molecule is COC(=O)Cc1nc2nccc(-c3cnn(C)c3)n2n1. The van der Waals surface area contributed by atoms with Crippen LogP contribution in [-0.4, -0.2) is 42.4 Å². The zero-order valence-electron chi connectivity index (χ0n) is 11.0. The van der Waals surface area contributed by atoms with E-state index >= 15 is 0 Å². The normalized spacial score (nSPS) is 10.9. The fraction of sp³-hybridized carbons (Fsp3) is 0.250. The van der Waals surface area contributed by atoms with Gasteiger partial charge in [0.15, 0.2) is 5.82 Å². The molecular formula is C12H12N6O2. The Balaban J connectivity index is 2.07. The Kier molecular flexibility index (Phi) is 2.90. The molecule has 0 bridgehead atoms. The minimum atomic E-state index is -0.385. The lowest BCUT2D eigenvalue weighted by molar-refractivity contribution is -0.139. The van der Waals surface area contributed by atoms with E-state index in [9.17, 15) is 4.79 Å². The Bertz CT molecular complexity index is 775. The van der Waals surface area contributed by atoms with Gasteiger partial charge in [0.2, 0.25) is 0 Å². The van der Waals surface area contributed by atoms with Crippen molar-refractivity contribution in [1.29, 1.82) is 0 Å². The molecule has 3 aromatic heterocycles. The number of ether oxygens (including phenoxy) is 1. The van der Waals surface area contributed by atoms with Crippen molar-refractivity contribution in [1.82, 2.24) is 29.4 Å². The highest BCUT2D eigenvalue weighted by atomic mass is 16.5. The van der Waals surface area contributed by atoms with Crippen LogP contribution in [0.25, 0.3) is 17.0 Å². The first-order chi connectivity index (χ1) is 9.67. The van der Waals surface area contributed by atoms with E-state index in [0.717, 1.165) is 11.3 Å². The van der Waals surface area contributed by atoms with E-state index in [0.29, 0.717) is 11.6 Å². The van der Waals surface area contributed by atoms with Crippen LogP contribution in [0.2, 0.25) is 0 Å². The molecule has 0 aliphatic carbocycles. The first-order valence-electron chi connectivity index (χ1n) is 5.94. The summed E-state index contributed by atoms with van der Waals surface area (Å²) >= 11 is 0. The summed E-state index contributed by atoms with van der Waals surface area (Å²) < 4.78 is 7.90. The van der Waals surface area contributed by atoms with E-state index in [4.69, 9.17) is 0 Å². The molecule has 3 rings (SSSR count). The summed E-state index contributed by atoms with van der Waals surface area (Å²) in [4.78, 5) is 19.6. The molecule has 0 fully saturated rings. The van der Waals surface area contributed by atoms with Gasteiger partial charge in [-0.2, -0.15) is 14.6 Å². The number of nitrogens with zero attached hydrogens (tertiary/aromatic N) is 6. The van der Waals surface area contributed by atoms with Gasteiger partial charge in [0, 0.05) is 25.0 Å². The largest absolute Gasteiger partial charge is 0.469 e. The van der Waals surface area contributed by atoms with Crippen molar-refractivity contribution in [3.63, 3.8) is 0 Å². The molecule has 0 spiro atoms. The smallest absolute Gasteiger partial charge is 0.313 e. The van der Waals surface area contributed by atoms with Gasteiger partial charge in [-0.25, -0.2) is 4.98 Å². The number of rotatable bonds is 3. The Morgan fingerprint density at radius 2 is 2.30 bits per heavy atom. The highest BCUT2D eigenvalue weighted by Gasteiger charge is 2.13. The van der Waals surface area contributed by atoms with Crippen molar-refractivity contribution in [3.8, 4) is 11.3 Å². The predicted molar refractivity (Wildman–Crippen MR) is 68.7 cm³/mol. The lowest BCUT2D eigenvalue weighted by Crippen LogP contribution is -2.06. The van der Waals surface area contributed by atoms with Crippen LogP contribution in [0, 0.1) is 0 Å².